The van der Waals surface area contributed by atoms with Gasteiger partial charge in [-0.15, -0.1) is 6.42 Å². The summed E-state index contributed by atoms with van der Waals surface area (Å²) >= 11 is 6.16. The third-order valence-corrected chi connectivity index (χ3v) is 5.81. The number of imide groups is 2. The molecule has 0 spiro atoms. The first-order valence-electron chi connectivity index (χ1n) is 11.6. The van der Waals surface area contributed by atoms with Crippen LogP contribution in [0.5, 0.6) is 17.2 Å². The lowest BCUT2D eigenvalue weighted by Gasteiger charge is -2.26. The number of terminal acetylenes is 1. The molecule has 38 heavy (non-hydrogen) atoms. The molecule has 4 rings (SSSR count). The summed E-state index contributed by atoms with van der Waals surface area (Å²) in [5.74, 6) is 2.16. The third kappa shape index (κ3) is 5.97. The molecular formula is C29H23ClN2O6. The number of carbonyl (C=O) groups is 3. The van der Waals surface area contributed by atoms with Crippen molar-refractivity contribution < 1.29 is 28.6 Å². The van der Waals surface area contributed by atoms with Crippen molar-refractivity contribution >= 4 is 41.2 Å². The van der Waals surface area contributed by atoms with Gasteiger partial charge in [0.15, 0.2) is 11.5 Å². The molecule has 0 bridgehead atoms. The number of barbiturate groups is 1. The van der Waals surface area contributed by atoms with E-state index in [2.05, 4.69) is 11.2 Å². The molecule has 1 N–H and O–H groups in total. The van der Waals surface area contributed by atoms with E-state index in [1.807, 2.05) is 25.1 Å². The Hall–Kier alpha value is -4.74. The predicted molar refractivity (Wildman–Crippen MR) is 143 cm³/mol. The minimum atomic E-state index is -0.852. The van der Waals surface area contributed by atoms with Gasteiger partial charge in [-0.2, -0.15) is 0 Å². The highest BCUT2D eigenvalue weighted by molar-refractivity contribution is 6.39. The second-order valence-corrected chi connectivity index (χ2v) is 8.37. The van der Waals surface area contributed by atoms with Gasteiger partial charge in [0.2, 0.25) is 0 Å². The van der Waals surface area contributed by atoms with Crippen molar-refractivity contribution in [3.05, 3.63) is 88.5 Å². The minimum absolute atomic E-state index is 0.0578. The minimum Gasteiger partial charge on any atom is -0.490 e. The molecule has 1 saturated heterocycles. The lowest BCUT2D eigenvalue weighted by molar-refractivity contribution is -0.122. The van der Waals surface area contributed by atoms with Gasteiger partial charge in [0.05, 0.1) is 12.3 Å². The SMILES string of the molecule is C#CCOc1ccc(/C=C2\C(=O)NC(=O)N(c3ccc(OCc4ccccc4Cl)cc3)C2=O)cc1OCC. The first kappa shape index (κ1) is 26.3. The van der Waals surface area contributed by atoms with Crippen molar-refractivity contribution in [1.29, 1.82) is 0 Å². The molecule has 4 amide bonds. The second-order valence-electron chi connectivity index (χ2n) is 7.96. The van der Waals surface area contributed by atoms with Crippen molar-refractivity contribution in [3.8, 4) is 29.6 Å². The van der Waals surface area contributed by atoms with Gasteiger partial charge in [-0.1, -0.05) is 41.8 Å². The number of ether oxygens (including phenoxy) is 3. The van der Waals surface area contributed by atoms with Gasteiger partial charge < -0.3 is 14.2 Å². The zero-order chi connectivity index (χ0) is 27.1. The molecule has 0 unspecified atom stereocenters. The number of rotatable bonds is 9. The van der Waals surface area contributed by atoms with Crippen molar-refractivity contribution in [2.75, 3.05) is 18.1 Å². The van der Waals surface area contributed by atoms with Crippen LogP contribution in [0.15, 0.2) is 72.3 Å². The zero-order valence-electron chi connectivity index (χ0n) is 20.4. The first-order valence-corrected chi connectivity index (χ1v) is 12.0. The number of benzene rings is 3. The standard InChI is InChI=1S/C29H23ClN2O6/c1-3-15-37-25-14-9-19(17-26(25)36-4-2)16-23-27(33)31-29(35)32(28(23)34)21-10-12-22(13-11-21)38-18-20-7-5-6-8-24(20)30/h1,5-14,16-17H,4,15,18H2,2H3,(H,31,33,35)/b23-16+. The van der Waals surface area contributed by atoms with Crippen molar-refractivity contribution in [2.24, 2.45) is 0 Å². The molecule has 0 atom stereocenters. The summed E-state index contributed by atoms with van der Waals surface area (Å²) in [5.41, 5.74) is 1.37. The Morgan fingerprint density at radius 1 is 0.974 bits per heavy atom. The maximum atomic E-state index is 13.3. The summed E-state index contributed by atoms with van der Waals surface area (Å²) < 4.78 is 16.8. The number of hydrogen-bond acceptors (Lipinski definition) is 6. The molecule has 9 heteroatoms. The molecule has 1 fully saturated rings. The van der Waals surface area contributed by atoms with Gasteiger partial charge in [0.1, 0.15) is 24.5 Å². The van der Waals surface area contributed by atoms with Crippen LogP contribution >= 0.6 is 11.6 Å². The first-order chi connectivity index (χ1) is 18.4. The summed E-state index contributed by atoms with van der Waals surface area (Å²) in [7, 11) is 0. The molecule has 0 saturated carbocycles. The molecule has 0 aromatic heterocycles. The Morgan fingerprint density at radius 2 is 1.74 bits per heavy atom. The van der Waals surface area contributed by atoms with Gasteiger partial charge >= 0.3 is 6.03 Å². The summed E-state index contributed by atoms with van der Waals surface area (Å²) in [5, 5.41) is 2.80. The van der Waals surface area contributed by atoms with E-state index >= 15 is 0 Å². The highest BCUT2D eigenvalue weighted by Gasteiger charge is 2.36. The van der Waals surface area contributed by atoms with Crippen LogP contribution in [0.4, 0.5) is 10.5 Å². The Kier molecular flexibility index (Phi) is 8.31. The van der Waals surface area contributed by atoms with Crippen LogP contribution in [0.2, 0.25) is 5.02 Å². The number of amides is 4. The largest absolute Gasteiger partial charge is 0.490 e. The van der Waals surface area contributed by atoms with Gasteiger partial charge in [-0.05, 0) is 61.0 Å². The molecule has 1 heterocycles. The number of nitrogens with zero attached hydrogens (tertiary/aromatic N) is 1. The normalized spacial score (nSPS) is 14.2. The smallest absolute Gasteiger partial charge is 0.335 e. The summed E-state index contributed by atoms with van der Waals surface area (Å²) in [6.45, 7) is 2.49. The lowest BCUT2D eigenvalue weighted by atomic mass is 10.1. The second kappa shape index (κ2) is 12.0. The molecule has 0 radical (unpaired) electrons. The van der Waals surface area contributed by atoms with E-state index in [0.29, 0.717) is 34.4 Å². The monoisotopic (exact) mass is 530 g/mol. The van der Waals surface area contributed by atoms with Crippen LogP contribution in [-0.2, 0) is 16.2 Å². The average Bonchev–Trinajstić information content (AvgIpc) is 2.91. The molecule has 1 aliphatic rings. The highest BCUT2D eigenvalue weighted by Crippen LogP contribution is 2.30. The summed E-state index contributed by atoms with van der Waals surface area (Å²) in [4.78, 5) is 39.3. The van der Waals surface area contributed by atoms with Crippen molar-refractivity contribution in [1.82, 2.24) is 5.32 Å². The molecule has 1 aliphatic heterocycles. The van der Waals surface area contributed by atoms with Crippen LogP contribution in [0.1, 0.15) is 18.1 Å². The van der Waals surface area contributed by atoms with Crippen LogP contribution in [0.3, 0.4) is 0 Å². The topological polar surface area (TPSA) is 94.2 Å². The van der Waals surface area contributed by atoms with Crippen LogP contribution in [-0.4, -0.2) is 31.1 Å². The predicted octanol–water partition coefficient (Wildman–Crippen LogP) is 5.00. The average molecular weight is 531 g/mol. The maximum absolute atomic E-state index is 13.3. The molecule has 3 aromatic rings. The maximum Gasteiger partial charge on any atom is 0.335 e. The van der Waals surface area contributed by atoms with Crippen LogP contribution in [0, 0.1) is 12.3 Å². The lowest BCUT2D eigenvalue weighted by Crippen LogP contribution is -2.54. The quantitative estimate of drug-likeness (QED) is 0.238. The van der Waals surface area contributed by atoms with Crippen molar-refractivity contribution in [3.63, 3.8) is 0 Å². The third-order valence-electron chi connectivity index (χ3n) is 5.44. The van der Waals surface area contributed by atoms with Gasteiger partial charge in [-0.3, -0.25) is 14.9 Å². The number of nitrogens with one attached hydrogen (secondary N) is 1. The Balaban J connectivity index is 1.55. The number of hydrogen-bond donors (Lipinski definition) is 1. The van der Waals surface area contributed by atoms with E-state index in [1.165, 1.54) is 6.08 Å². The van der Waals surface area contributed by atoms with E-state index in [-0.39, 0.29) is 24.5 Å². The fourth-order valence-electron chi connectivity index (χ4n) is 3.65. The fourth-order valence-corrected chi connectivity index (χ4v) is 3.84. The zero-order valence-corrected chi connectivity index (χ0v) is 21.2. The Labute approximate surface area is 224 Å². The van der Waals surface area contributed by atoms with Gasteiger partial charge in [0, 0.05) is 10.6 Å². The van der Waals surface area contributed by atoms with E-state index in [4.69, 9.17) is 32.2 Å². The molecule has 8 nitrogen and oxygen atoms in total. The van der Waals surface area contributed by atoms with E-state index in [1.54, 1.807) is 48.5 Å². The van der Waals surface area contributed by atoms with E-state index in [9.17, 15) is 14.4 Å². The number of carbonyl (C=O) groups excluding carboxylic acids is 3. The van der Waals surface area contributed by atoms with E-state index < -0.39 is 17.8 Å². The van der Waals surface area contributed by atoms with Gasteiger partial charge in [-0.25, -0.2) is 9.69 Å². The number of anilines is 1. The fraction of sp³-hybridized carbons (Fsp3) is 0.138. The Bertz CT molecular complexity index is 1440. The summed E-state index contributed by atoms with van der Waals surface area (Å²) in [6, 6.07) is 17.7. The van der Waals surface area contributed by atoms with Gasteiger partial charge in [0.25, 0.3) is 11.8 Å². The molecule has 192 valence electrons. The molecule has 3 aromatic carbocycles. The Morgan fingerprint density at radius 3 is 2.45 bits per heavy atom. The highest BCUT2D eigenvalue weighted by atomic mass is 35.5. The number of urea groups is 1. The molecular weight excluding hydrogens is 508 g/mol. The van der Waals surface area contributed by atoms with Crippen molar-refractivity contribution in [2.45, 2.75) is 13.5 Å². The molecule has 0 aliphatic carbocycles. The van der Waals surface area contributed by atoms with E-state index in [0.717, 1.165) is 10.5 Å². The number of halogens is 1. The summed E-state index contributed by atoms with van der Waals surface area (Å²) in [6.07, 6.45) is 6.64. The van der Waals surface area contributed by atoms with Crippen LogP contribution < -0.4 is 24.4 Å². The van der Waals surface area contributed by atoms with Crippen LogP contribution in [0.25, 0.3) is 6.08 Å².